The number of hydrogen-bond acceptors (Lipinski definition) is 7. The van der Waals surface area contributed by atoms with E-state index in [0.717, 1.165) is 0 Å². The Morgan fingerprint density at radius 3 is 2.16 bits per heavy atom. The first kappa shape index (κ1) is 23.4. The largest absolute Gasteiger partial charge is 0.445 e. The topological polar surface area (TPSA) is 140 Å². The van der Waals surface area contributed by atoms with Crippen molar-refractivity contribution >= 4 is 28.3 Å². The Labute approximate surface area is 185 Å². The fourth-order valence-electron chi connectivity index (χ4n) is 2.85. The molecule has 11 heteroatoms. The van der Waals surface area contributed by atoms with Gasteiger partial charge in [0.25, 0.3) is 0 Å². The maximum Gasteiger partial charge on any atom is 0.410 e. The molecule has 1 aliphatic heterocycles. The number of carbonyl (C=O) groups is 3. The van der Waals surface area contributed by atoms with E-state index >= 15 is 0 Å². The van der Waals surface area contributed by atoms with Gasteiger partial charge in [0.15, 0.2) is 6.29 Å². The first-order valence-electron chi connectivity index (χ1n) is 9.72. The quantitative estimate of drug-likeness (QED) is 0.251. The third-order valence-corrected chi connectivity index (χ3v) is 6.03. The highest BCUT2D eigenvalue weighted by Gasteiger charge is 2.41. The van der Waals surface area contributed by atoms with Gasteiger partial charge in [-0.25, -0.2) is 17.9 Å². The van der Waals surface area contributed by atoms with E-state index in [1.54, 1.807) is 60.7 Å². The zero-order chi connectivity index (χ0) is 23.0. The summed E-state index contributed by atoms with van der Waals surface area (Å²) in [5.74, 6) is -1.42. The number of benzene rings is 2. The first-order valence-corrected chi connectivity index (χ1v) is 11.4. The fraction of sp³-hybridized carbons (Fsp3) is 0.286. The van der Waals surface area contributed by atoms with Crippen molar-refractivity contribution in [2.45, 2.75) is 25.0 Å². The summed E-state index contributed by atoms with van der Waals surface area (Å²) in [5.41, 5.74) is -0.882. The lowest BCUT2D eigenvalue weighted by atomic mass is 10.2. The average Bonchev–Trinajstić information content (AvgIpc) is 2.80. The zero-order valence-corrected chi connectivity index (χ0v) is 17.8. The van der Waals surface area contributed by atoms with Gasteiger partial charge in [0.1, 0.15) is 18.4 Å². The van der Waals surface area contributed by atoms with Crippen molar-refractivity contribution < 1.29 is 32.3 Å². The minimum absolute atomic E-state index is 0.0897. The van der Waals surface area contributed by atoms with Crippen LogP contribution < -0.4 is 15.4 Å². The second-order valence-electron chi connectivity index (χ2n) is 7.14. The van der Waals surface area contributed by atoms with Crippen LogP contribution in [-0.4, -0.2) is 50.8 Å². The third-order valence-electron chi connectivity index (χ3n) is 4.58. The van der Waals surface area contributed by atoms with Crippen molar-refractivity contribution in [1.82, 2.24) is 15.4 Å². The van der Waals surface area contributed by atoms with Crippen LogP contribution in [0, 0.1) is 0 Å². The molecule has 10 nitrogen and oxygen atoms in total. The molecule has 3 rings (SSSR count). The van der Waals surface area contributed by atoms with Gasteiger partial charge in [-0.05, 0) is 11.1 Å². The number of carbonyl (C=O) groups excluding carboxylic acids is 3. The molecule has 0 bridgehead atoms. The van der Waals surface area contributed by atoms with Gasteiger partial charge in [0, 0.05) is 6.54 Å². The van der Waals surface area contributed by atoms with Gasteiger partial charge in [-0.15, -0.1) is 0 Å². The van der Waals surface area contributed by atoms with Gasteiger partial charge in [-0.1, -0.05) is 60.7 Å². The summed E-state index contributed by atoms with van der Waals surface area (Å²) in [6.07, 6.45) is -0.842. The lowest BCUT2D eigenvalue weighted by Gasteiger charge is -2.31. The van der Waals surface area contributed by atoms with E-state index in [0.29, 0.717) is 11.1 Å². The number of rotatable bonds is 11. The molecule has 0 spiro atoms. The average molecular weight is 461 g/mol. The van der Waals surface area contributed by atoms with Gasteiger partial charge in [0.2, 0.25) is 21.7 Å². The first-order chi connectivity index (χ1) is 15.3. The van der Waals surface area contributed by atoms with E-state index in [2.05, 4.69) is 15.4 Å². The molecule has 0 aromatic heterocycles. The minimum Gasteiger partial charge on any atom is -0.445 e. The Kier molecular flexibility index (Phi) is 7.57. The maximum absolute atomic E-state index is 12.6. The van der Waals surface area contributed by atoms with E-state index in [1.807, 2.05) is 0 Å². The molecule has 1 saturated heterocycles. The van der Waals surface area contributed by atoms with E-state index in [-0.39, 0.29) is 26.0 Å². The molecule has 2 aromatic rings. The number of β-lactam (4-membered cyclic amide) rings is 1. The van der Waals surface area contributed by atoms with Gasteiger partial charge in [0.05, 0.1) is 6.61 Å². The highest BCUT2D eigenvalue weighted by atomic mass is 32.2. The monoisotopic (exact) mass is 461 g/mol. The standard InChI is InChI=1S/C21H23N3O7S/c25-14-21(31-13-17-9-5-2-6-10-17,15-32(28,29)24-18-11-22-19(18)26)23-20(27)30-12-16-7-3-1-4-8-16/h1-10,14,18,24H,11-13,15H2,(H,22,26)(H,23,27). The van der Waals surface area contributed by atoms with Crippen molar-refractivity contribution in [3.63, 3.8) is 0 Å². The number of amides is 2. The molecular formula is C21H23N3O7S. The molecule has 1 heterocycles. The third kappa shape index (κ3) is 6.61. The molecule has 2 unspecified atom stereocenters. The van der Waals surface area contributed by atoms with Crippen molar-refractivity contribution in [2.24, 2.45) is 0 Å². The number of nitrogens with one attached hydrogen (secondary N) is 3. The Bertz CT molecular complexity index is 1050. The van der Waals surface area contributed by atoms with Crippen LogP contribution in [0.3, 0.4) is 0 Å². The molecule has 32 heavy (non-hydrogen) atoms. The summed E-state index contributed by atoms with van der Waals surface area (Å²) in [4.78, 5) is 35.8. The maximum atomic E-state index is 12.6. The number of aldehydes is 1. The fourth-order valence-corrected chi connectivity index (χ4v) is 4.35. The van der Waals surface area contributed by atoms with E-state index < -0.39 is 39.5 Å². The van der Waals surface area contributed by atoms with Crippen LogP contribution in [0.4, 0.5) is 4.79 Å². The second-order valence-corrected chi connectivity index (χ2v) is 8.90. The van der Waals surface area contributed by atoms with Crippen molar-refractivity contribution in [3.05, 3.63) is 71.8 Å². The lowest BCUT2D eigenvalue weighted by molar-refractivity contribution is -0.134. The molecule has 3 N–H and O–H groups in total. The number of ether oxygens (including phenoxy) is 2. The summed E-state index contributed by atoms with van der Waals surface area (Å²) < 4.78 is 38.1. The molecule has 1 aliphatic rings. The van der Waals surface area contributed by atoms with Gasteiger partial charge < -0.3 is 14.8 Å². The predicted molar refractivity (Wildman–Crippen MR) is 114 cm³/mol. The Morgan fingerprint density at radius 2 is 1.66 bits per heavy atom. The van der Waals surface area contributed by atoms with Crippen LogP contribution in [0.5, 0.6) is 0 Å². The summed E-state index contributed by atoms with van der Waals surface area (Å²) in [6.45, 7) is -0.116. The smallest absolute Gasteiger partial charge is 0.410 e. The molecule has 2 amide bonds. The van der Waals surface area contributed by atoms with Gasteiger partial charge in [-0.2, -0.15) is 0 Å². The SMILES string of the molecule is O=CC(CS(=O)(=O)NC1CNC1=O)(NC(=O)OCc1ccccc1)OCc1ccccc1. The second kappa shape index (κ2) is 10.4. The molecule has 1 fully saturated rings. The Balaban J connectivity index is 1.72. The molecular weight excluding hydrogens is 438 g/mol. The van der Waals surface area contributed by atoms with E-state index in [4.69, 9.17) is 9.47 Å². The summed E-state index contributed by atoms with van der Waals surface area (Å²) >= 11 is 0. The number of sulfonamides is 1. The van der Waals surface area contributed by atoms with Crippen LogP contribution in [-0.2, 0) is 42.3 Å². The van der Waals surface area contributed by atoms with Crippen LogP contribution in [0.15, 0.2) is 60.7 Å². The number of hydrogen-bond donors (Lipinski definition) is 3. The minimum atomic E-state index is -4.20. The normalized spacial score (nSPS) is 17.4. The zero-order valence-electron chi connectivity index (χ0n) is 17.0. The lowest BCUT2D eigenvalue weighted by Crippen LogP contribution is -2.64. The Morgan fingerprint density at radius 1 is 1.06 bits per heavy atom. The summed E-state index contributed by atoms with van der Waals surface area (Å²) in [7, 11) is -4.20. The molecule has 0 aliphatic carbocycles. The molecule has 0 radical (unpaired) electrons. The van der Waals surface area contributed by atoms with Gasteiger partial charge >= 0.3 is 6.09 Å². The summed E-state index contributed by atoms with van der Waals surface area (Å²) in [6, 6.07) is 16.6. The predicted octanol–water partition coefficient (Wildman–Crippen LogP) is 0.443. The summed E-state index contributed by atoms with van der Waals surface area (Å²) in [5, 5.41) is 4.64. The van der Waals surface area contributed by atoms with E-state index in [1.165, 1.54) is 0 Å². The van der Waals surface area contributed by atoms with Crippen LogP contribution >= 0.6 is 0 Å². The molecule has 170 valence electrons. The molecule has 2 aromatic carbocycles. The van der Waals surface area contributed by atoms with Gasteiger partial charge in [-0.3, -0.25) is 14.9 Å². The van der Waals surface area contributed by atoms with E-state index in [9.17, 15) is 22.8 Å². The van der Waals surface area contributed by atoms with Crippen molar-refractivity contribution in [3.8, 4) is 0 Å². The van der Waals surface area contributed by atoms with Crippen LogP contribution in [0.25, 0.3) is 0 Å². The van der Waals surface area contributed by atoms with Crippen LogP contribution in [0.2, 0.25) is 0 Å². The Hall–Kier alpha value is -3.28. The highest BCUT2D eigenvalue weighted by Crippen LogP contribution is 2.14. The molecule has 2 atom stereocenters. The highest BCUT2D eigenvalue weighted by molar-refractivity contribution is 7.89. The van der Waals surface area contributed by atoms with Crippen molar-refractivity contribution in [1.29, 1.82) is 0 Å². The van der Waals surface area contributed by atoms with Crippen molar-refractivity contribution in [2.75, 3.05) is 12.3 Å². The number of alkyl carbamates (subject to hydrolysis) is 1. The van der Waals surface area contributed by atoms with Crippen LogP contribution in [0.1, 0.15) is 11.1 Å². The molecule has 0 saturated carbocycles.